The zero-order valence-corrected chi connectivity index (χ0v) is 7.53. The first kappa shape index (κ1) is 5.96. The summed E-state index contributed by atoms with van der Waals surface area (Å²) in [6.07, 6.45) is 0. The van der Waals surface area contributed by atoms with Crippen molar-refractivity contribution in [2.45, 2.75) is 0 Å². The van der Waals surface area contributed by atoms with Gasteiger partial charge in [0.05, 0.1) is 0 Å². The Hall–Kier alpha value is 1.96. The molecule has 0 saturated carbocycles. The van der Waals surface area contributed by atoms with Gasteiger partial charge in [-0.15, -0.1) is 0 Å². The van der Waals surface area contributed by atoms with Gasteiger partial charge in [0, 0.05) is 0 Å². The van der Waals surface area contributed by atoms with Crippen molar-refractivity contribution in [3.05, 3.63) is 0 Å². The fourth-order valence-electron chi connectivity index (χ4n) is 0. The van der Waals surface area contributed by atoms with Gasteiger partial charge in [-0.05, 0) is 0 Å². The molecule has 0 rings (SSSR count). The van der Waals surface area contributed by atoms with Gasteiger partial charge < -0.3 is 0 Å². The topological polar surface area (TPSA) is 0 Å². The van der Waals surface area contributed by atoms with Gasteiger partial charge in [-0.25, -0.2) is 0 Å². The van der Waals surface area contributed by atoms with E-state index >= 15 is 0 Å². The second-order valence-electron chi connectivity index (χ2n) is 0.143. The molecule has 0 aliphatic carbocycles. The molecule has 0 amide bonds. The van der Waals surface area contributed by atoms with Crippen molar-refractivity contribution < 1.29 is 10.9 Å². The molecular formula is Cl2IIr. The van der Waals surface area contributed by atoms with Crippen LogP contribution in [-0.4, -0.2) is 0 Å². The van der Waals surface area contributed by atoms with E-state index in [4.69, 9.17) is 19.2 Å². The summed E-state index contributed by atoms with van der Waals surface area (Å²) in [4.78, 5) is 0. The Labute approximate surface area is 49.0 Å². The third-order valence-corrected chi connectivity index (χ3v) is 0. The average Bonchev–Trinajstić information content (AvgIpc) is 0.811. The van der Waals surface area contributed by atoms with Crippen LogP contribution < -0.4 is 0 Å². The molecular weight excluding hydrogens is 390 g/mol. The third kappa shape index (κ3) is 9.03. The van der Waals surface area contributed by atoms with E-state index in [2.05, 4.69) is 0 Å². The maximum absolute atomic E-state index is 5.19. The Kier molecular flexibility index (Phi) is 4.71. The molecule has 0 aromatic carbocycles. The summed E-state index contributed by atoms with van der Waals surface area (Å²) in [6, 6.07) is 0. The second-order valence-corrected chi connectivity index (χ2v) is 19.2. The predicted octanol–water partition coefficient (Wildman–Crippen LogP) is 2.26. The fraction of sp³-hybridized carbons (Fsp3) is 0. The molecule has 0 N–H and O–H groups in total. The average molecular weight is 390 g/mol. The molecule has 4 heavy (non-hydrogen) atoms. The SMILES string of the molecule is [Cl][Ir]([Cl])[I]. The van der Waals surface area contributed by atoms with Crippen LogP contribution in [0.25, 0.3) is 0 Å². The number of halogens is 3. The predicted molar refractivity (Wildman–Crippen MR) is 25.7 cm³/mol. The number of hydrogen-bond donors (Lipinski definition) is 0. The molecule has 0 unspecified atom stereocenters. The maximum atomic E-state index is 5.19. The van der Waals surface area contributed by atoms with E-state index < -0.39 is 10.9 Å². The van der Waals surface area contributed by atoms with Gasteiger partial charge in [0.1, 0.15) is 0 Å². The molecule has 4 heteroatoms. The van der Waals surface area contributed by atoms with E-state index in [0.29, 0.717) is 0 Å². The van der Waals surface area contributed by atoms with Crippen molar-refractivity contribution in [3.8, 4) is 0 Å². The molecule has 0 spiro atoms. The summed E-state index contributed by atoms with van der Waals surface area (Å²) >= 11 is 2.04. The first-order valence-corrected chi connectivity index (χ1v) is 13.1. The second kappa shape index (κ2) is 3.16. The minimum absolute atomic E-state index is 1.42. The summed E-state index contributed by atoms with van der Waals surface area (Å²) < 4.78 is 0. The molecule has 0 fully saturated rings. The van der Waals surface area contributed by atoms with E-state index in [1.807, 2.05) is 19.6 Å². The first-order valence-electron chi connectivity index (χ1n) is 0.378. The molecule has 30 valence electrons. The third-order valence-electron chi connectivity index (χ3n) is 0. The molecule has 0 aliphatic rings. The van der Waals surface area contributed by atoms with Gasteiger partial charge in [0.2, 0.25) is 0 Å². The molecule has 0 heterocycles. The molecule has 0 aromatic rings. The van der Waals surface area contributed by atoms with Crippen molar-refractivity contribution in [2.75, 3.05) is 0 Å². The standard InChI is InChI=1S/2ClH.HI.Ir/h3*1H;/q;;;+3/p-3. The van der Waals surface area contributed by atoms with E-state index in [9.17, 15) is 0 Å². The summed E-state index contributed by atoms with van der Waals surface area (Å²) in [5, 5.41) is 0. The Morgan fingerprint density at radius 2 is 1.50 bits per heavy atom. The molecule has 0 aliphatic heterocycles. The summed E-state index contributed by atoms with van der Waals surface area (Å²) in [6.45, 7) is 0. The van der Waals surface area contributed by atoms with Crippen LogP contribution in [0.15, 0.2) is 0 Å². The summed E-state index contributed by atoms with van der Waals surface area (Å²) in [7, 11) is 8.97. The minimum atomic E-state index is -1.42. The molecule has 0 saturated heterocycles. The Morgan fingerprint density at radius 3 is 1.50 bits per heavy atom. The molecule has 0 aromatic heterocycles. The Balaban J connectivity index is 2.32. The van der Waals surface area contributed by atoms with Crippen molar-refractivity contribution >= 4 is 38.8 Å². The molecule has 0 nitrogen and oxygen atoms in total. The monoisotopic (exact) mass is 390 g/mol. The zero-order valence-electron chi connectivity index (χ0n) is 1.47. The van der Waals surface area contributed by atoms with Gasteiger partial charge in [-0.2, -0.15) is 0 Å². The van der Waals surface area contributed by atoms with Crippen LogP contribution >= 0.6 is 38.8 Å². The van der Waals surface area contributed by atoms with Crippen LogP contribution in [0.4, 0.5) is 0 Å². The van der Waals surface area contributed by atoms with Gasteiger partial charge >= 0.3 is 49.6 Å². The van der Waals surface area contributed by atoms with Gasteiger partial charge in [0.15, 0.2) is 0 Å². The summed E-state index contributed by atoms with van der Waals surface area (Å²) in [5.74, 6) is 0. The van der Waals surface area contributed by atoms with Crippen LogP contribution in [0, 0.1) is 0 Å². The normalized spacial score (nSPS) is 11.2. The van der Waals surface area contributed by atoms with E-state index in [-0.39, 0.29) is 0 Å². The molecule has 0 atom stereocenters. The van der Waals surface area contributed by atoms with Crippen molar-refractivity contribution in [1.29, 1.82) is 0 Å². The van der Waals surface area contributed by atoms with Crippen molar-refractivity contribution in [3.63, 3.8) is 0 Å². The first-order chi connectivity index (χ1) is 1.73. The fourth-order valence-corrected chi connectivity index (χ4v) is 0. The Morgan fingerprint density at radius 1 is 1.50 bits per heavy atom. The van der Waals surface area contributed by atoms with Gasteiger partial charge in [0.25, 0.3) is 0 Å². The molecule has 0 bridgehead atoms. The van der Waals surface area contributed by atoms with Gasteiger partial charge in [-0.3, -0.25) is 0 Å². The quantitative estimate of drug-likeness (QED) is 0.557. The Bertz CT molecular complexity index is 10.8. The van der Waals surface area contributed by atoms with Crippen LogP contribution in [0.2, 0.25) is 0 Å². The van der Waals surface area contributed by atoms with Crippen LogP contribution in [0.1, 0.15) is 0 Å². The summed E-state index contributed by atoms with van der Waals surface area (Å²) in [5.41, 5.74) is 0. The van der Waals surface area contributed by atoms with Gasteiger partial charge in [-0.1, -0.05) is 0 Å². The van der Waals surface area contributed by atoms with Crippen molar-refractivity contribution in [2.24, 2.45) is 0 Å². The molecule has 0 radical (unpaired) electrons. The van der Waals surface area contributed by atoms with Crippen LogP contribution in [0.5, 0.6) is 0 Å². The number of rotatable bonds is 0. The van der Waals surface area contributed by atoms with Crippen LogP contribution in [0.3, 0.4) is 0 Å². The van der Waals surface area contributed by atoms with E-state index in [0.717, 1.165) is 0 Å². The van der Waals surface area contributed by atoms with Crippen LogP contribution in [-0.2, 0) is 10.9 Å². The van der Waals surface area contributed by atoms with Crippen molar-refractivity contribution in [1.82, 2.24) is 0 Å². The van der Waals surface area contributed by atoms with E-state index in [1.54, 1.807) is 0 Å². The zero-order chi connectivity index (χ0) is 3.58. The van der Waals surface area contributed by atoms with E-state index in [1.165, 1.54) is 0 Å². The number of hydrogen-bond acceptors (Lipinski definition) is 0.